The van der Waals surface area contributed by atoms with Crippen LogP contribution >= 0.6 is 0 Å². The van der Waals surface area contributed by atoms with E-state index in [9.17, 15) is 27.2 Å². The van der Waals surface area contributed by atoms with Crippen LogP contribution in [0.3, 0.4) is 0 Å². The number of fused-ring (bicyclic) bond motifs is 1. The van der Waals surface area contributed by atoms with E-state index in [1.54, 1.807) is 6.07 Å². The maximum absolute atomic E-state index is 14.1. The number of nitrogens with zero attached hydrogens (tertiary/aromatic N) is 2. The first kappa shape index (κ1) is 19.6. The lowest BCUT2D eigenvalue weighted by molar-refractivity contribution is -0.199. The Kier molecular flexibility index (Phi) is 4.76. The first-order valence-corrected chi connectivity index (χ1v) is 8.79. The molecule has 6 nitrogen and oxygen atoms in total. The topological polar surface area (TPSA) is 73.2 Å². The van der Waals surface area contributed by atoms with Crippen LogP contribution in [0.1, 0.15) is 16.1 Å². The second-order valence-corrected chi connectivity index (χ2v) is 6.48. The number of carbonyl (C=O) groups is 2. The fourth-order valence-corrected chi connectivity index (χ4v) is 3.20. The molecule has 2 aromatic heterocycles. The lowest BCUT2D eigenvalue weighted by Gasteiger charge is -2.17. The minimum absolute atomic E-state index is 0.0367. The van der Waals surface area contributed by atoms with Gasteiger partial charge in [0.25, 0.3) is 5.91 Å². The molecule has 1 amide bonds. The van der Waals surface area contributed by atoms with Gasteiger partial charge in [-0.15, -0.1) is 0 Å². The highest BCUT2D eigenvalue weighted by molar-refractivity contribution is 5.98. The van der Waals surface area contributed by atoms with Crippen molar-refractivity contribution in [3.8, 4) is 22.5 Å². The lowest BCUT2D eigenvalue weighted by atomic mass is 10.1. The molecule has 10 heteroatoms. The van der Waals surface area contributed by atoms with Gasteiger partial charge in [-0.2, -0.15) is 17.9 Å². The molecule has 1 aliphatic heterocycles. The number of alkyl halides is 3. The third kappa shape index (κ3) is 3.51. The van der Waals surface area contributed by atoms with Crippen molar-refractivity contribution in [2.45, 2.75) is 12.6 Å². The number of aromatic nitrogens is 2. The Balaban J connectivity index is 1.85. The molecule has 1 aliphatic rings. The first-order chi connectivity index (χ1) is 14.3. The molecule has 0 fully saturated rings. The van der Waals surface area contributed by atoms with Gasteiger partial charge < -0.3 is 10.2 Å². The fraction of sp³-hybridized carbons (Fsp3) is 0.150. The summed E-state index contributed by atoms with van der Waals surface area (Å²) >= 11 is 0. The van der Waals surface area contributed by atoms with Gasteiger partial charge >= 0.3 is 12.1 Å². The third-order valence-corrected chi connectivity index (χ3v) is 4.56. The summed E-state index contributed by atoms with van der Waals surface area (Å²) in [6, 6.07) is 10.1. The maximum atomic E-state index is 14.1. The first-order valence-electron chi connectivity index (χ1n) is 8.79. The number of benzene rings is 1. The van der Waals surface area contributed by atoms with E-state index in [0.717, 1.165) is 0 Å². The normalized spacial score (nSPS) is 13.5. The highest BCUT2D eigenvalue weighted by Gasteiger charge is 2.43. The molecule has 30 heavy (non-hydrogen) atoms. The number of hydrogen-bond donors (Lipinski definition) is 1. The van der Waals surface area contributed by atoms with Gasteiger partial charge in [0.15, 0.2) is 0 Å². The lowest BCUT2D eigenvalue weighted by Crippen LogP contribution is -2.37. The van der Waals surface area contributed by atoms with E-state index in [4.69, 9.17) is 0 Å². The zero-order valence-corrected chi connectivity index (χ0v) is 15.2. The molecule has 0 unspecified atom stereocenters. The Morgan fingerprint density at radius 1 is 1.13 bits per heavy atom. The minimum atomic E-state index is -5.22. The van der Waals surface area contributed by atoms with Gasteiger partial charge in [-0.05, 0) is 30.3 Å². The molecule has 0 aliphatic carbocycles. The molecule has 1 N–H and O–H groups in total. The number of nitrogens with one attached hydrogen (secondary N) is 1. The molecular formula is C20H13F4N3O3. The van der Waals surface area contributed by atoms with Crippen LogP contribution < -0.4 is 10.2 Å². The minimum Gasteiger partial charge on any atom is -0.352 e. The fourth-order valence-electron chi connectivity index (χ4n) is 3.20. The van der Waals surface area contributed by atoms with Gasteiger partial charge in [-0.25, -0.2) is 9.18 Å². The van der Waals surface area contributed by atoms with Crippen molar-refractivity contribution in [3.63, 3.8) is 0 Å². The molecule has 0 atom stereocenters. The summed E-state index contributed by atoms with van der Waals surface area (Å²) in [6.07, 6.45) is -3.71. The Hall–Kier alpha value is -3.69. The molecular weight excluding hydrogens is 406 g/mol. The molecule has 1 aromatic carbocycles. The van der Waals surface area contributed by atoms with Gasteiger partial charge in [0.05, 0.1) is 22.6 Å². The monoisotopic (exact) mass is 419 g/mol. The summed E-state index contributed by atoms with van der Waals surface area (Å²) in [5.41, 5.74) is 0.969. The molecule has 0 saturated heterocycles. The van der Waals surface area contributed by atoms with Gasteiger partial charge in [0.1, 0.15) is 5.82 Å². The summed E-state index contributed by atoms with van der Waals surface area (Å²) in [7, 11) is 0. The SMILES string of the molecule is O=C1NCCc2c1cc(-c1ccnc(-c3ccccc3F)c1)n2OC(=O)C(F)(F)F. The van der Waals surface area contributed by atoms with Crippen LogP contribution in [-0.2, 0) is 11.2 Å². The van der Waals surface area contributed by atoms with Crippen LogP contribution in [0.2, 0.25) is 0 Å². The summed E-state index contributed by atoms with van der Waals surface area (Å²) < 4.78 is 53.2. The van der Waals surface area contributed by atoms with Crippen LogP contribution in [0.5, 0.6) is 0 Å². The number of halogens is 4. The quantitative estimate of drug-likeness (QED) is 0.662. The molecule has 154 valence electrons. The molecule has 0 spiro atoms. The Labute approximate surface area is 167 Å². The summed E-state index contributed by atoms with van der Waals surface area (Å²) in [4.78, 5) is 32.3. The number of rotatable bonds is 3. The Morgan fingerprint density at radius 2 is 1.90 bits per heavy atom. The predicted octanol–water partition coefficient (Wildman–Crippen LogP) is 3.16. The number of carbonyl (C=O) groups excluding carboxylic acids is 2. The van der Waals surface area contributed by atoms with E-state index in [0.29, 0.717) is 10.3 Å². The van der Waals surface area contributed by atoms with Crippen molar-refractivity contribution in [2.75, 3.05) is 6.54 Å². The summed E-state index contributed by atoms with van der Waals surface area (Å²) in [5, 5.41) is 2.58. The van der Waals surface area contributed by atoms with Crippen LogP contribution in [0.25, 0.3) is 22.5 Å². The zero-order chi connectivity index (χ0) is 21.5. The second-order valence-electron chi connectivity index (χ2n) is 6.48. The molecule has 0 saturated carbocycles. The number of hydrogen-bond acceptors (Lipinski definition) is 4. The van der Waals surface area contributed by atoms with Crippen LogP contribution in [0.4, 0.5) is 17.6 Å². The second kappa shape index (κ2) is 7.29. The molecule has 3 heterocycles. The van der Waals surface area contributed by atoms with Crippen molar-refractivity contribution >= 4 is 11.9 Å². The zero-order valence-electron chi connectivity index (χ0n) is 15.2. The highest BCUT2D eigenvalue weighted by atomic mass is 19.4. The van der Waals surface area contributed by atoms with Gasteiger partial charge in [-0.1, -0.05) is 12.1 Å². The van der Waals surface area contributed by atoms with Gasteiger partial charge in [0, 0.05) is 30.3 Å². The molecule has 4 rings (SSSR count). The van der Waals surface area contributed by atoms with Crippen LogP contribution in [0.15, 0.2) is 48.7 Å². The average molecular weight is 419 g/mol. The van der Waals surface area contributed by atoms with E-state index < -0.39 is 23.9 Å². The van der Waals surface area contributed by atoms with E-state index in [1.807, 2.05) is 0 Å². The summed E-state index contributed by atoms with van der Waals surface area (Å²) in [5.74, 6) is -3.45. The maximum Gasteiger partial charge on any atom is 0.493 e. The van der Waals surface area contributed by atoms with Crippen LogP contribution in [-0.4, -0.2) is 34.3 Å². The number of amides is 1. The average Bonchev–Trinajstić information content (AvgIpc) is 3.08. The van der Waals surface area contributed by atoms with E-state index >= 15 is 0 Å². The van der Waals surface area contributed by atoms with Crippen molar-refractivity contribution in [2.24, 2.45) is 0 Å². The van der Waals surface area contributed by atoms with Crippen molar-refractivity contribution < 1.29 is 32.0 Å². The predicted molar refractivity (Wildman–Crippen MR) is 96.7 cm³/mol. The third-order valence-electron chi connectivity index (χ3n) is 4.56. The van der Waals surface area contributed by atoms with Crippen LogP contribution in [0, 0.1) is 5.82 Å². The van der Waals surface area contributed by atoms with E-state index in [1.165, 1.54) is 42.6 Å². The number of pyridine rings is 1. The van der Waals surface area contributed by atoms with Crippen molar-refractivity contribution in [1.82, 2.24) is 15.0 Å². The van der Waals surface area contributed by atoms with Crippen molar-refractivity contribution in [1.29, 1.82) is 0 Å². The molecule has 0 radical (unpaired) electrons. The largest absolute Gasteiger partial charge is 0.493 e. The molecule has 3 aromatic rings. The molecule has 0 bridgehead atoms. The van der Waals surface area contributed by atoms with E-state index in [2.05, 4.69) is 15.1 Å². The van der Waals surface area contributed by atoms with Crippen molar-refractivity contribution in [3.05, 3.63) is 65.7 Å². The Bertz CT molecular complexity index is 1150. The van der Waals surface area contributed by atoms with Gasteiger partial charge in [0.2, 0.25) is 0 Å². The van der Waals surface area contributed by atoms with E-state index in [-0.39, 0.29) is 41.2 Å². The standard InChI is InChI=1S/C20H13F4N3O3/c21-14-4-2-1-3-12(14)15-9-11(5-7-25-15)17-10-13-16(6-8-26-18(13)28)27(17)30-19(29)20(22,23)24/h1-5,7,9-10H,6,8H2,(H,26,28). The smallest absolute Gasteiger partial charge is 0.352 e. The Morgan fingerprint density at radius 3 is 2.63 bits per heavy atom. The summed E-state index contributed by atoms with van der Waals surface area (Å²) in [6.45, 7) is 0.176. The van der Waals surface area contributed by atoms with Gasteiger partial charge in [-0.3, -0.25) is 9.78 Å². The highest BCUT2D eigenvalue weighted by Crippen LogP contribution is 2.31.